The van der Waals surface area contributed by atoms with Gasteiger partial charge in [0, 0.05) is 17.6 Å². The van der Waals surface area contributed by atoms with Crippen LogP contribution in [0.25, 0.3) is 0 Å². The van der Waals surface area contributed by atoms with Crippen LogP contribution in [-0.4, -0.2) is 46.3 Å². The number of hydrogen-bond acceptors (Lipinski definition) is 7. The van der Waals surface area contributed by atoms with Gasteiger partial charge in [0.2, 0.25) is 5.91 Å². The van der Waals surface area contributed by atoms with Crippen LogP contribution in [0.2, 0.25) is 0 Å². The Hall–Kier alpha value is -3.72. The van der Waals surface area contributed by atoms with E-state index < -0.39 is 5.97 Å². The lowest BCUT2D eigenvalue weighted by atomic mass is 10.1. The number of carbonyl (C=O) groups excluding carboxylic acids is 2. The second-order valence-electron chi connectivity index (χ2n) is 8.92. The topological polar surface area (TPSA) is 80.3 Å². The van der Waals surface area contributed by atoms with Gasteiger partial charge in [0.25, 0.3) is 0 Å². The number of esters is 1. The van der Waals surface area contributed by atoms with E-state index in [9.17, 15) is 9.59 Å². The Bertz CT molecular complexity index is 1280. The molecule has 1 aliphatic heterocycles. The van der Waals surface area contributed by atoms with E-state index in [0.29, 0.717) is 15.8 Å². The van der Waals surface area contributed by atoms with E-state index in [1.165, 1.54) is 20.6 Å². The van der Waals surface area contributed by atoms with Gasteiger partial charge in [-0.25, -0.2) is 9.80 Å². The van der Waals surface area contributed by atoms with Gasteiger partial charge in [0.1, 0.15) is 17.1 Å². The van der Waals surface area contributed by atoms with Crippen molar-refractivity contribution in [1.29, 1.82) is 0 Å². The van der Waals surface area contributed by atoms with Crippen molar-refractivity contribution in [2.45, 2.75) is 25.7 Å². The molecule has 200 valence electrons. The molecule has 0 spiro atoms. The smallest absolute Gasteiger partial charge is 0.341 e. The molecule has 0 radical (unpaired) electrons. The largest absolute Gasteiger partial charge is 0.497 e. The van der Waals surface area contributed by atoms with Crippen LogP contribution < -0.4 is 24.8 Å². The summed E-state index contributed by atoms with van der Waals surface area (Å²) in [4.78, 5) is 28.5. The van der Waals surface area contributed by atoms with Crippen molar-refractivity contribution in [1.82, 2.24) is 0 Å². The Balaban J connectivity index is 1.71. The zero-order valence-electron chi connectivity index (χ0n) is 21.8. The molecule has 1 aliphatic rings. The van der Waals surface area contributed by atoms with Gasteiger partial charge in [-0.2, -0.15) is 0 Å². The number of para-hydroxylation sites is 2. The number of rotatable bonds is 9. The summed E-state index contributed by atoms with van der Waals surface area (Å²) >= 11 is 3.53. The Labute approximate surface area is 231 Å². The van der Waals surface area contributed by atoms with Crippen molar-refractivity contribution in [3.8, 4) is 11.5 Å². The number of nitrogens with one attached hydrogen (secondary N) is 1. The summed E-state index contributed by atoms with van der Waals surface area (Å²) in [5.41, 5.74) is 6.78. The number of ether oxygens (including phenoxy) is 3. The summed E-state index contributed by atoms with van der Waals surface area (Å²) in [6, 6.07) is 18.7. The number of nitrogens with zero attached hydrogens (tertiary/aromatic N) is 2. The average Bonchev–Trinajstić information content (AvgIpc) is 2.97. The Morgan fingerprint density at radius 2 is 1.66 bits per heavy atom. The van der Waals surface area contributed by atoms with Gasteiger partial charge in [0.05, 0.1) is 44.8 Å². The second-order valence-corrected chi connectivity index (χ2v) is 9.77. The molecule has 4 rings (SSSR count). The number of methoxy groups -OCH3 is 3. The summed E-state index contributed by atoms with van der Waals surface area (Å²) in [6.07, 6.45) is 3.50. The number of anilines is 3. The van der Waals surface area contributed by atoms with Gasteiger partial charge in [-0.05, 0) is 73.4 Å². The van der Waals surface area contributed by atoms with E-state index >= 15 is 0 Å². The highest BCUT2D eigenvalue weighted by Gasteiger charge is 2.25. The number of carbonyl (C=O) groups is 2. The lowest BCUT2D eigenvalue weighted by Crippen LogP contribution is -2.39. The number of hydrogen-bond donors (Lipinski definition) is 1. The van der Waals surface area contributed by atoms with Gasteiger partial charge in [-0.1, -0.05) is 28.1 Å². The van der Waals surface area contributed by atoms with Crippen molar-refractivity contribution in [2.24, 2.45) is 0 Å². The first-order valence-electron chi connectivity index (χ1n) is 12.5. The van der Waals surface area contributed by atoms with Crippen LogP contribution in [0.1, 0.15) is 35.2 Å². The van der Waals surface area contributed by atoms with Crippen LogP contribution in [-0.2, 0) is 16.0 Å². The fourth-order valence-electron chi connectivity index (χ4n) is 4.52. The van der Waals surface area contributed by atoms with Gasteiger partial charge in [0.15, 0.2) is 0 Å². The first kappa shape index (κ1) is 27.3. The molecule has 38 heavy (non-hydrogen) atoms. The Morgan fingerprint density at radius 3 is 2.32 bits per heavy atom. The number of benzene rings is 3. The number of halogens is 1. The Morgan fingerprint density at radius 1 is 0.947 bits per heavy atom. The third-order valence-corrected chi connectivity index (χ3v) is 7.25. The zero-order chi connectivity index (χ0) is 27.1. The molecule has 1 fully saturated rings. The molecule has 0 aromatic heterocycles. The first-order valence-corrected chi connectivity index (χ1v) is 13.3. The van der Waals surface area contributed by atoms with Crippen LogP contribution in [0.15, 0.2) is 65.1 Å². The summed E-state index contributed by atoms with van der Waals surface area (Å²) < 4.78 is 16.2. The predicted molar refractivity (Wildman–Crippen MR) is 152 cm³/mol. The first-order chi connectivity index (χ1) is 18.4. The fraction of sp³-hybridized carbons (Fsp3) is 0.310. The lowest BCUT2D eigenvalue weighted by Gasteiger charge is -2.34. The molecule has 1 amide bonds. The van der Waals surface area contributed by atoms with Crippen molar-refractivity contribution in [2.75, 3.05) is 49.8 Å². The maximum absolute atomic E-state index is 14.0. The highest BCUT2D eigenvalue weighted by molar-refractivity contribution is 9.10. The molecule has 1 N–H and O–H groups in total. The molecule has 3 aromatic carbocycles. The third kappa shape index (κ3) is 6.22. The molecular weight excluding hydrogens is 550 g/mol. The summed E-state index contributed by atoms with van der Waals surface area (Å²) in [7, 11) is 4.41. The summed E-state index contributed by atoms with van der Waals surface area (Å²) in [6.45, 7) is 1.89. The molecule has 0 bridgehead atoms. The van der Waals surface area contributed by atoms with E-state index in [0.717, 1.165) is 48.7 Å². The highest BCUT2D eigenvalue weighted by atomic mass is 79.9. The van der Waals surface area contributed by atoms with Crippen LogP contribution in [0, 0.1) is 0 Å². The van der Waals surface area contributed by atoms with Crippen LogP contribution in [0.4, 0.5) is 17.1 Å². The molecule has 1 heterocycles. The van der Waals surface area contributed by atoms with Crippen LogP contribution in [0.5, 0.6) is 11.5 Å². The molecule has 0 atom stereocenters. The average molecular weight is 582 g/mol. The standard InChI is InChI=1S/C29H32BrN3O5/c1-36-22-13-11-21(12-14-22)31-33(26-10-6-5-9-25(26)32-15-7-4-8-16-32)28(34)18-20-17-27(37-2)23(19-24(20)30)29(35)38-3/h5-6,9-14,17,19,31H,4,7-8,15-16,18H2,1-3H3. The van der Waals surface area contributed by atoms with E-state index in [1.54, 1.807) is 24.3 Å². The van der Waals surface area contributed by atoms with E-state index in [1.807, 2.05) is 42.5 Å². The van der Waals surface area contributed by atoms with E-state index in [-0.39, 0.29) is 17.9 Å². The minimum atomic E-state index is -0.515. The molecule has 3 aromatic rings. The lowest BCUT2D eigenvalue weighted by molar-refractivity contribution is -0.117. The van der Waals surface area contributed by atoms with Crippen LogP contribution >= 0.6 is 15.9 Å². The Kier molecular flexibility index (Phi) is 9.12. The van der Waals surface area contributed by atoms with Gasteiger partial charge in [-0.3, -0.25) is 10.2 Å². The maximum atomic E-state index is 14.0. The van der Waals surface area contributed by atoms with Crippen LogP contribution in [0.3, 0.4) is 0 Å². The highest BCUT2D eigenvalue weighted by Crippen LogP contribution is 2.34. The molecule has 0 aliphatic carbocycles. The van der Waals surface area contributed by atoms with E-state index in [2.05, 4.69) is 32.3 Å². The van der Waals surface area contributed by atoms with Gasteiger partial charge >= 0.3 is 5.97 Å². The molecule has 1 saturated heterocycles. The molecule has 0 saturated carbocycles. The van der Waals surface area contributed by atoms with Crippen molar-refractivity contribution in [3.63, 3.8) is 0 Å². The predicted octanol–water partition coefficient (Wildman–Crippen LogP) is 5.85. The van der Waals surface area contributed by atoms with Crippen molar-refractivity contribution >= 4 is 44.9 Å². The molecule has 9 heteroatoms. The summed E-state index contributed by atoms with van der Waals surface area (Å²) in [5.74, 6) is 0.368. The monoisotopic (exact) mass is 581 g/mol. The zero-order valence-corrected chi connectivity index (χ0v) is 23.4. The minimum absolute atomic E-state index is 0.0515. The molecule has 0 unspecified atom stereocenters. The minimum Gasteiger partial charge on any atom is -0.497 e. The molecule has 8 nitrogen and oxygen atoms in total. The van der Waals surface area contributed by atoms with Crippen molar-refractivity contribution < 1.29 is 23.8 Å². The van der Waals surface area contributed by atoms with Crippen molar-refractivity contribution in [3.05, 3.63) is 76.3 Å². The number of hydrazine groups is 1. The second kappa shape index (κ2) is 12.7. The number of amides is 1. The molecular formula is C29H32BrN3O5. The van der Waals surface area contributed by atoms with Gasteiger partial charge in [-0.15, -0.1) is 0 Å². The maximum Gasteiger partial charge on any atom is 0.341 e. The fourth-order valence-corrected chi connectivity index (χ4v) is 5.00. The third-order valence-electron chi connectivity index (χ3n) is 6.52. The SMILES string of the molecule is COC(=O)c1cc(Br)c(CC(=O)N(Nc2ccc(OC)cc2)c2ccccc2N2CCCCC2)cc1OC. The van der Waals surface area contributed by atoms with Gasteiger partial charge < -0.3 is 19.1 Å². The quantitative estimate of drug-likeness (QED) is 0.251. The summed E-state index contributed by atoms with van der Waals surface area (Å²) in [5, 5.41) is 1.60. The van der Waals surface area contributed by atoms with E-state index in [4.69, 9.17) is 14.2 Å². The number of piperidine rings is 1. The normalized spacial score (nSPS) is 13.0.